The summed E-state index contributed by atoms with van der Waals surface area (Å²) >= 11 is 1.42. The second kappa shape index (κ2) is 6.31. The van der Waals surface area contributed by atoms with Crippen LogP contribution in [0.1, 0.15) is 5.69 Å². The summed E-state index contributed by atoms with van der Waals surface area (Å²) in [5.74, 6) is 0. The molecule has 0 aliphatic rings. The number of amides is 2. The second-order valence-electron chi connectivity index (χ2n) is 4.33. The summed E-state index contributed by atoms with van der Waals surface area (Å²) in [7, 11) is 3.96. The van der Waals surface area contributed by atoms with Gasteiger partial charge in [-0.3, -0.25) is 5.32 Å². The zero-order valence-corrected chi connectivity index (χ0v) is 11.7. The van der Waals surface area contributed by atoms with Gasteiger partial charge in [0.1, 0.15) is 0 Å². The van der Waals surface area contributed by atoms with E-state index in [1.165, 1.54) is 11.3 Å². The van der Waals surface area contributed by atoms with Crippen LogP contribution in [-0.2, 0) is 6.54 Å². The predicted octanol–water partition coefficient (Wildman–Crippen LogP) is 2.85. The molecule has 19 heavy (non-hydrogen) atoms. The van der Waals surface area contributed by atoms with Crippen molar-refractivity contribution in [1.29, 1.82) is 0 Å². The van der Waals surface area contributed by atoms with E-state index in [-0.39, 0.29) is 6.03 Å². The van der Waals surface area contributed by atoms with Crippen molar-refractivity contribution in [3.63, 3.8) is 0 Å². The average molecular weight is 276 g/mol. The third-order valence-electron chi connectivity index (χ3n) is 2.28. The zero-order valence-electron chi connectivity index (χ0n) is 10.9. The zero-order chi connectivity index (χ0) is 13.7. The quantitative estimate of drug-likeness (QED) is 0.902. The highest BCUT2D eigenvalue weighted by molar-refractivity contribution is 7.13. The molecule has 0 aliphatic heterocycles. The number of carbonyl (C=O) groups is 1. The van der Waals surface area contributed by atoms with Crippen LogP contribution in [0.3, 0.4) is 0 Å². The van der Waals surface area contributed by atoms with Crippen molar-refractivity contribution in [3.05, 3.63) is 41.4 Å². The largest absolute Gasteiger partial charge is 0.325 e. The highest BCUT2D eigenvalue weighted by Crippen LogP contribution is 2.16. The fourth-order valence-electron chi connectivity index (χ4n) is 1.54. The monoisotopic (exact) mass is 276 g/mol. The van der Waals surface area contributed by atoms with E-state index in [0.29, 0.717) is 5.13 Å². The summed E-state index contributed by atoms with van der Waals surface area (Å²) in [4.78, 5) is 18.1. The van der Waals surface area contributed by atoms with Crippen LogP contribution in [0, 0.1) is 0 Å². The number of para-hydroxylation sites is 1. The summed E-state index contributed by atoms with van der Waals surface area (Å²) in [6, 6.07) is 9.02. The van der Waals surface area contributed by atoms with Crippen LogP contribution in [0.15, 0.2) is 35.7 Å². The van der Waals surface area contributed by atoms with Crippen molar-refractivity contribution >= 4 is 28.2 Å². The normalized spacial score (nSPS) is 10.5. The first-order chi connectivity index (χ1) is 9.13. The molecule has 2 amide bonds. The Labute approximate surface area is 116 Å². The highest BCUT2D eigenvalue weighted by atomic mass is 32.1. The van der Waals surface area contributed by atoms with Crippen molar-refractivity contribution in [3.8, 4) is 0 Å². The molecule has 0 fully saturated rings. The molecule has 2 aromatic rings. The van der Waals surface area contributed by atoms with E-state index in [9.17, 15) is 4.79 Å². The Hall–Kier alpha value is -1.92. The van der Waals surface area contributed by atoms with E-state index < -0.39 is 0 Å². The van der Waals surface area contributed by atoms with Gasteiger partial charge in [-0.05, 0) is 26.2 Å². The van der Waals surface area contributed by atoms with E-state index in [0.717, 1.165) is 17.9 Å². The lowest BCUT2D eigenvalue weighted by atomic mass is 10.3. The maximum absolute atomic E-state index is 11.7. The van der Waals surface area contributed by atoms with Gasteiger partial charge in [0.15, 0.2) is 5.13 Å². The van der Waals surface area contributed by atoms with Gasteiger partial charge in [0.05, 0.1) is 5.69 Å². The molecule has 1 heterocycles. The molecule has 0 saturated heterocycles. The van der Waals surface area contributed by atoms with E-state index in [1.54, 1.807) is 0 Å². The number of hydrogen-bond acceptors (Lipinski definition) is 4. The summed E-state index contributed by atoms with van der Waals surface area (Å²) < 4.78 is 0. The third-order valence-corrected chi connectivity index (χ3v) is 3.09. The number of thiazole rings is 1. The number of urea groups is 1. The van der Waals surface area contributed by atoms with E-state index in [1.807, 2.05) is 54.7 Å². The minimum Gasteiger partial charge on any atom is -0.308 e. The number of nitrogens with one attached hydrogen (secondary N) is 2. The van der Waals surface area contributed by atoms with Crippen molar-refractivity contribution in [2.45, 2.75) is 6.54 Å². The molecule has 2 rings (SSSR count). The smallest absolute Gasteiger partial charge is 0.308 e. The van der Waals surface area contributed by atoms with E-state index in [2.05, 4.69) is 15.6 Å². The molecular formula is C13H16N4OS. The van der Waals surface area contributed by atoms with Crippen molar-refractivity contribution in [2.75, 3.05) is 24.7 Å². The summed E-state index contributed by atoms with van der Waals surface area (Å²) in [6.45, 7) is 0.762. The molecule has 0 aliphatic carbocycles. The number of nitrogens with zero attached hydrogens (tertiary/aromatic N) is 2. The lowest BCUT2D eigenvalue weighted by Crippen LogP contribution is -2.19. The Morgan fingerprint density at radius 1 is 1.26 bits per heavy atom. The van der Waals surface area contributed by atoms with E-state index in [4.69, 9.17) is 0 Å². The van der Waals surface area contributed by atoms with Crippen LogP contribution in [0.5, 0.6) is 0 Å². The van der Waals surface area contributed by atoms with Crippen LogP contribution in [0.2, 0.25) is 0 Å². The number of aromatic nitrogens is 1. The number of hydrogen-bond donors (Lipinski definition) is 2. The number of carbonyl (C=O) groups excluding carboxylic acids is 1. The molecule has 0 saturated carbocycles. The van der Waals surface area contributed by atoms with Gasteiger partial charge in [-0.15, -0.1) is 11.3 Å². The molecule has 0 spiro atoms. The maximum atomic E-state index is 11.7. The first-order valence-electron chi connectivity index (χ1n) is 5.85. The van der Waals surface area contributed by atoms with Crippen LogP contribution in [0.4, 0.5) is 15.6 Å². The Morgan fingerprint density at radius 2 is 2.00 bits per heavy atom. The molecule has 0 unspecified atom stereocenters. The number of benzene rings is 1. The van der Waals surface area contributed by atoms with Crippen LogP contribution in [-0.4, -0.2) is 30.0 Å². The second-order valence-corrected chi connectivity index (χ2v) is 5.19. The molecule has 6 heteroatoms. The van der Waals surface area contributed by atoms with Gasteiger partial charge in [0.25, 0.3) is 0 Å². The average Bonchev–Trinajstić information content (AvgIpc) is 2.76. The molecular weight excluding hydrogens is 260 g/mol. The Morgan fingerprint density at radius 3 is 2.68 bits per heavy atom. The molecule has 0 atom stereocenters. The van der Waals surface area contributed by atoms with Crippen LogP contribution in [0.25, 0.3) is 0 Å². The summed E-state index contributed by atoms with van der Waals surface area (Å²) in [5.41, 5.74) is 1.70. The lowest BCUT2D eigenvalue weighted by Gasteiger charge is -2.06. The molecule has 0 bridgehead atoms. The first kappa shape index (κ1) is 13.5. The van der Waals surface area contributed by atoms with Crippen molar-refractivity contribution in [1.82, 2.24) is 9.88 Å². The third kappa shape index (κ3) is 4.35. The van der Waals surface area contributed by atoms with Crippen LogP contribution < -0.4 is 10.6 Å². The van der Waals surface area contributed by atoms with Gasteiger partial charge in [0, 0.05) is 17.6 Å². The van der Waals surface area contributed by atoms with E-state index >= 15 is 0 Å². The molecule has 100 valence electrons. The number of rotatable bonds is 4. The summed E-state index contributed by atoms with van der Waals surface area (Å²) in [6.07, 6.45) is 0. The molecule has 1 aromatic heterocycles. The van der Waals surface area contributed by atoms with Gasteiger partial charge in [-0.2, -0.15) is 0 Å². The predicted molar refractivity (Wildman–Crippen MR) is 78.6 cm³/mol. The van der Waals surface area contributed by atoms with Gasteiger partial charge < -0.3 is 10.2 Å². The SMILES string of the molecule is CN(C)Cc1csc(NC(=O)Nc2ccccc2)n1. The van der Waals surface area contributed by atoms with Gasteiger partial charge in [0.2, 0.25) is 0 Å². The molecule has 2 N–H and O–H groups in total. The fourth-order valence-corrected chi connectivity index (χ4v) is 2.24. The Balaban J connectivity index is 1.90. The molecule has 1 aromatic carbocycles. The molecule has 0 radical (unpaired) electrons. The number of anilines is 2. The minimum absolute atomic E-state index is 0.281. The minimum atomic E-state index is -0.281. The maximum Gasteiger partial charge on any atom is 0.325 e. The summed E-state index contributed by atoms with van der Waals surface area (Å²) in [5, 5.41) is 8.01. The topological polar surface area (TPSA) is 57.3 Å². The Kier molecular flexibility index (Phi) is 4.48. The highest BCUT2D eigenvalue weighted by Gasteiger charge is 2.07. The van der Waals surface area contributed by atoms with Gasteiger partial charge in [-0.25, -0.2) is 9.78 Å². The van der Waals surface area contributed by atoms with Gasteiger partial charge in [-0.1, -0.05) is 18.2 Å². The van der Waals surface area contributed by atoms with Gasteiger partial charge >= 0.3 is 6.03 Å². The van der Waals surface area contributed by atoms with Crippen molar-refractivity contribution in [2.24, 2.45) is 0 Å². The lowest BCUT2D eigenvalue weighted by molar-refractivity contribution is 0.262. The van der Waals surface area contributed by atoms with Crippen molar-refractivity contribution < 1.29 is 4.79 Å². The first-order valence-corrected chi connectivity index (χ1v) is 6.73. The Bertz CT molecular complexity index is 539. The fraction of sp³-hybridized carbons (Fsp3) is 0.231. The van der Waals surface area contributed by atoms with Crippen LogP contribution >= 0.6 is 11.3 Å². The standard InChI is InChI=1S/C13H16N4OS/c1-17(2)8-11-9-19-13(15-11)16-12(18)14-10-6-4-3-5-7-10/h3-7,9H,8H2,1-2H3,(H2,14,15,16,18). The molecule has 5 nitrogen and oxygen atoms in total.